The number of amides is 1. The molecular weight excluding hydrogens is 226 g/mol. The second kappa shape index (κ2) is 5.29. The van der Waals surface area contributed by atoms with E-state index in [1.807, 2.05) is 26.0 Å². The van der Waals surface area contributed by atoms with E-state index >= 15 is 0 Å². The van der Waals surface area contributed by atoms with E-state index in [0.717, 1.165) is 30.8 Å². The summed E-state index contributed by atoms with van der Waals surface area (Å²) >= 11 is 0. The van der Waals surface area contributed by atoms with E-state index in [0.29, 0.717) is 6.54 Å². The molecule has 1 aromatic carbocycles. The highest BCUT2D eigenvalue weighted by Crippen LogP contribution is 2.32. The van der Waals surface area contributed by atoms with Crippen LogP contribution in [0.2, 0.25) is 0 Å². The Balaban J connectivity index is 2.27. The van der Waals surface area contributed by atoms with Gasteiger partial charge in [0.1, 0.15) is 6.04 Å². The van der Waals surface area contributed by atoms with E-state index in [9.17, 15) is 4.79 Å². The fourth-order valence-corrected chi connectivity index (χ4v) is 2.55. The van der Waals surface area contributed by atoms with Crippen LogP contribution in [0, 0.1) is 0 Å². The Hall–Kier alpha value is -1.71. The number of nitrogens with zero attached hydrogens (tertiary/aromatic N) is 1. The van der Waals surface area contributed by atoms with Gasteiger partial charge >= 0.3 is 0 Å². The first-order valence-corrected chi connectivity index (χ1v) is 6.57. The van der Waals surface area contributed by atoms with Gasteiger partial charge in [0.25, 0.3) is 0 Å². The van der Waals surface area contributed by atoms with Gasteiger partial charge in [-0.2, -0.15) is 0 Å². The molecule has 0 radical (unpaired) electrons. The summed E-state index contributed by atoms with van der Waals surface area (Å²) in [4.78, 5) is 14.1. The molecule has 1 atom stereocenters. The lowest BCUT2D eigenvalue weighted by molar-refractivity contribution is -0.122. The number of likely N-dealkylation sites (N-methyl/N-ethyl adjacent to an activating group) is 1. The van der Waals surface area contributed by atoms with Crippen molar-refractivity contribution in [2.24, 2.45) is 0 Å². The smallest absolute Gasteiger partial charge is 0.242 e. The van der Waals surface area contributed by atoms with Gasteiger partial charge in [-0.05, 0) is 44.4 Å². The molecule has 1 aliphatic rings. The topological polar surface area (TPSA) is 58.4 Å². The molecule has 0 bridgehead atoms. The zero-order valence-corrected chi connectivity index (χ0v) is 11.1. The summed E-state index contributed by atoms with van der Waals surface area (Å²) in [5, 5.41) is 2.88. The van der Waals surface area contributed by atoms with Crippen molar-refractivity contribution in [3.05, 3.63) is 23.8 Å². The van der Waals surface area contributed by atoms with Crippen molar-refractivity contribution in [2.45, 2.75) is 32.7 Å². The van der Waals surface area contributed by atoms with Gasteiger partial charge in [-0.15, -0.1) is 0 Å². The van der Waals surface area contributed by atoms with Crippen LogP contribution in [0.3, 0.4) is 0 Å². The molecule has 1 aliphatic heterocycles. The average Bonchev–Trinajstić information content (AvgIpc) is 2.38. The minimum atomic E-state index is -0.147. The molecule has 4 heteroatoms. The predicted molar refractivity (Wildman–Crippen MR) is 74.7 cm³/mol. The van der Waals surface area contributed by atoms with Crippen molar-refractivity contribution in [1.29, 1.82) is 0 Å². The summed E-state index contributed by atoms with van der Waals surface area (Å²) in [6.45, 7) is 5.46. The van der Waals surface area contributed by atoms with Crippen LogP contribution >= 0.6 is 0 Å². The molecule has 0 saturated carbocycles. The molecule has 2 rings (SSSR count). The Labute approximate surface area is 108 Å². The minimum absolute atomic E-state index is 0.0766. The maximum atomic E-state index is 12.0. The molecule has 18 heavy (non-hydrogen) atoms. The average molecular weight is 247 g/mol. The van der Waals surface area contributed by atoms with Crippen LogP contribution < -0.4 is 16.0 Å². The van der Waals surface area contributed by atoms with Crippen LogP contribution in [0.1, 0.15) is 25.8 Å². The first kappa shape index (κ1) is 12.7. The largest absolute Gasteiger partial charge is 0.398 e. The van der Waals surface area contributed by atoms with E-state index in [-0.39, 0.29) is 11.9 Å². The first-order valence-electron chi connectivity index (χ1n) is 6.57. The Bertz CT molecular complexity index is 445. The molecule has 3 N–H and O–H groups in total. The Kier molecular flexibility index (Phi) is 3.75. The highest BCUT2D eigenvalue weighted by Gasteiger charge is 2.26. The minimum Gasteiger partial charge on any atom is -0.398 e. The summed E-state index contributed by atoms with van der Waals surface area (Å²) in [5.74, 6) is 0.0766. The first-order chi connectivity index (χ1) is 8.65. The Morgan fingerprint density at radius 3 is 3.06 bits per heavy atom. The van der Waals surface area contributed by atoms with Crippen molar-refractivity contribution in [1.82, 2.24) is 5.32 Å². The number of benzene rings is 1. The number of carbonyl (C=O) groups excluding carboxylic acids is 1. The van der Waals surface area contributed by atoms with Gasteiger partial charge in [-0.3, -0.25) is 4.79 Å². The summed E-state index contributed by atoms with van der Waals surface area (Å²) in [6, 6.07) is 5.79. The van der Waals surface area contributed by atoms with Crippen LogP contribution in [0.25, 0.3) is 0 Å². The van der Waals surface area contributed by atoms with Gasteiger partial charge in [0.15, 0.2) is 0 Å². The van der Waals surface area contributed by atoms with E-state index in [1.54, 1.807) is 0 Å². The van der Waals surface area contributed by atoms with Gasteiger partial charge in [0.2, 0.25) is 5.91 Å². The van der Waals surface area contributed by atoms with Crippen LogP contribution in [-0.4, -0.2) is 25.0 Å². The number of nitrogens with two attached hydrogens (primary N) is 1. The Morgan fingerprint density at radius 1 is 1.56 bits per heavy atom. The van der Waals surface area contributed by atoms with Crippen molar-refractivity contribution < 1.29 is 4.79 Å². The lowest BCUT2D eigenvalue weighted by Crippen LogP contribution is -2.47. The second-order valence-electron chi connectivity index (χ2n) is 4.71. The summed E-state index contributed by atoms with van der Waals surface area (Å²) in [6.07, 6.45) is 2.05. The zero-order valence-electron chi connectivity index (χ0n) is 11.1. The molecule has 1 unspecified atom stereocenters. The highest BCUT2D eigenvalue weighted by molar-refractivity contribution is 5.85. The summed E-state index contributed by atoms with van der Waals surface area (Å²) < 4.78 is 0. The molecule has 1 aromatic rings. The fourth-order valence-electron chi connectivity index (χ4n) is 2.55. The molecule has 0 aromatic heterocycles. The lowest BCUT2D eigenvalue weighted by Gasteiger charge is -2.35. The third kappa shape index (κ3) is 2.28. The quantitative estimate of drug-likeness (QED) is 0.797. The van der Waals surface area contributed by atoms with Crippen molar-refractivity contribution in [2.75, 3.05) is 23.7 Å². The monoisotopic (exact) mass is 247 g/mol. The maximum absolute atomic E-state index is 12.0. The third-order valence-corrected chi connectivity index (χ3v) is 3.52. The third-order valence-electron chi connectivity index (χ3n) is 3.52. The van der Waals surface area contributed by atoms with Crippen LogP contribution in [0.15, 0.2) is 18.2 Å². The number of nitrogens with one attached hydrogen (secondary N) is 1. The number of fused-ring (bicyclic) bond motifs is 1. The SMILES string of the molecule is CCNC(=O)C(C)N1CCCc2c(N)cccc21. The Morgan fingerprint density at radius 2 is 2.33 bits per heavy atom. The highest BCUT2D eigenvalue weighted by atomic mass is 16.2. The number of rotatable bonds is 3. The van der Waals surface area contributed by atoms with Crippen molar-refractivity contribution in [3.63, 3.8) is 0 Å². The number of carbonyl (C=O) groups is 1. The van der Waals surface area contributed by atoms with Crippen molar-refractivity contribution in [3.8, 4) is 0 Å². The maximum Gasteiger partial charge on any atom is 0.242 e. The van der Waals surface area contributed by atoms with E-state index in [2.05, 4.69) is 16.3 Å². The van der Waals surface area contributed by atoms with Crippen LogP contribution in [0.5, 0.6) is 0 Å². The van der Waals surface area contributed by atoms with Crippen molar-refractivity contribution >= 4 is 17.3 Å². The van der Waals surface area contributed by atoms with E-state index < -0.39 is 0 Å². The van der Waals surface area contributed by atoms with Crippen LogP contribution in [0.4, 0.5) is 11.4 Å². The molecule has 0 spiro atoms. The number of anilines is 2. The second-order valence-corrected chi connectivity index (χ2v) is 4.71. The van der Waals surface area contributed by atoms with E-state index in [1.165, 1.54) is 5.56 Å². The zero-order chi connectivity index (χ0) is 13.1. The van der Waals surface area contributed by atoms with Gasteiger partial charge in [-0.1, -0.05) is 6.07 Å². The normalized spacial score (nSPS) is 16.0. The molecule has 98 valence electrons. The molecule has 1 amide bonds. The molecule has 0 fully saturated rings. The summed E-state index contributed by atoms with van der Waals surface area (Å²) in [7, 11) is 0. The lowest BCUT2D eigenvalue weighted by atomic mass is 9.98. The van der Waals surface area contributed by atoms with Gasteiger partial charge < -0.3 is 16.0 Å². The van der Waals surface area contributed by atoms with Gasteiger partial charge in [0, 0.05) is 24.5 Å². The van der Waals surface area contributed by atoms with Gasteiger partial charge in [-0.25, -0.2) is 0 Å². The molecular formula is C14H21N3O. The number of hydrogen-bond acceptors (Lipinski definition) is 3. The summed E-state index contributed by atoms with van der Waals surface area (Å²) in [5.41, 5.74) is 9.14. The number of hydrogen-bond donors (Lipinski definition) is 2. The fraction of sp³-hybridized carbons (Fsp3) is 0.500. The van der Waals surface area contributed by atoms with Crippen LogP contribution in [-0.2, 0) is 11.2 Å². The standard InChI is InChI=1S/C14H21N3O/c1-3-16-14(18)10(2)17-9-5-6-11-12(15)7-4-8-13(11)17/h4,7-8,10H,3,5-6,9,15H2,1-2H3,(H,16,18). The molecule has 0 aliphatic carbocycles. The number of nitrogen functional groups attached to an aromatic ring is 1. The molecule has 0 saturated heterocycles. The van der Waals surface area contributed by atoms with E-state index in [4.69, 9.17) is 5.73 Å². The molecule has 1 heterocycles. The molecule has 4 nitrogen and oxygen atoms in total. The van der Waals surface area contributed by atoms with Gasteiger partial charge in [0.05, 0.1) is 0 Å². The predicted octanol–water partition coefficient (Wildman–Crippen LogP) is 1.55.